The molecule has 1 aliphatic carbocycles. The van der Waals surface area contributed by atoms with Gasteiger partial charge in [0.2, 0.25) is 0 Å². The normalized spacial score (nSPS) is 28.9. The highest BCUT2D eigenvalue weighted by molar-refractivity contribution is 7.10. The Labute approximate surface area is 130 Å². The molecular formula is C17H24N2OS. The highest BCUT2D eigenvalue weighted by Crippen LogP contribution is 2.32. The van der Waals surface area contributed by atoms with E-state index in [0.29, 0.717) is 5.91 Å². The van der Waals surface area contributed by atoms with E-state index in [9.17, 15) is 4.79 Å². The second-order valence-electron chi connectivity index (χ2n) is 6.81. The van der Waals surface area contributed by atoms with Crippen molar-refractivity contribution in [3.63, 3.8) is 0 Å². The van der Waals surface area contributed by atoms with Crippen LogP contribution in [0.15, 0.2) is 5.38 Å². The molecule has 0 saturated carbocycles. The number of nitrogens with zero attached hydrogens (tertiary/aromatic N) is 1. The molecule has 2 saturated heterocycles. The van der Waals surface area contributed by atoms with E-state index in [0.717, 1.165) is 50.0 Å². The van der Waals surface area contributed by atoms with Crippen LogP contribution in [0, 0.1) is 11.8 Å². The smallest absolute Gasteiger partial charge is 0.254 e. The van der Waals surface area contributed by atoms with Gasteiger partial charge in [0.05, 0.1) is 5.56 Å². The molecule has 1 aromatic heterocycles. The molecular weight excluding hydrogens is 280 g/mol. The molecule has 3 aliphatic rings. The summed E-state index contributed by atoms with van der Waals surface area (Å²) in [4.78, 5) is 16.5. The number of thiophene rings is 1. The number of rotatable bonds is 1. The molecule has 4 rings (SSSR count). The number of amides is 1. The molecule has 2 atom stereocenters. The van der Waals surface area contributed by atoms with E-state index >= 15 is 0 Å². The molecule has 2 aliphatic heterocycles. The van der Waals surface area contributed by atoms with Crippen LogP contribution in [0.2, 0.25) is 0 Å². The van der Waals surface area contributed by atoms with Crippen molar-refractivity contribution in [1.82, 2.24) is 10.2 Å². The lowest BCUT2D eigenvalue weighted by molar-refractivity contribution is 0.0757. The number of nitrogens with one attached hydrogen (secondary N) is 1. The Bertz CT molecular complexity index is 525. The van der Waals surface area contributed by atoms with Crippen molar-refractivity contribution >= 4 is 17.2 Å². The number of carbonyl (C=O) groups excluding carboxylic acids is 1. The Balaban J connectivity index is 1.51. The Kier molecular flexibility index (Phi) is 3.76. The highest BCUT2D eigenvalue weighted by Gasteiger charge is 2.32. The summed E-state index contributed by atoms with van der Waals surface area (Å²) in [5, 5.41) is 5.63. The lowest BCUT2D eigenvalue weighted by Crippen LogP contribution is -2.33. The molecule has 0 unspecified atom stereocenters. The predicted octanol–water partition coefficient (Wildman–Crippen LogP) is 2.70. The van der Waals surface area contributed by atoms with Crippen molar-refractivity contribution in [2.45, 2.75) is 38.5 Å². The lowest BCUT2D eigenvalue weighted by Gasteiger charge is -2.22. The molecule has 3 nitrogen and oxygen atoms in total. The summed E-state index contributed by atoms with van der Waals surface area (Å²) < 4.78 is 0. The zero-order valence-corrected chi connectivity index (χ0v) is 13.4. The molecule has 21 heavy (non-hydrogen) atoms. The zero-order chi connectivity index (χ0) is 14.2. The van der Waals surface area contributed by atoms with Gasteiger partial charge in [0.1, 0.15) is 0 Å². The van der Waals surface area contributed by atoms with Gasteiger partial charge in [0, 0.05) is 23.3 Å². The van der Waals surface area contributed by atoms with Crippen molar-refractivity contribution in [2.24, 2.45) is 11.8 Å². The van der Waals surface area contributed by atoms with Gasteiger partial charge in [0.15, 0.2) is 0 Å². The highest BCUT2D eigenvalue weighted by atomic mass is 32.1. The summed E-state index contributed by atoms with van der Waals surface area (Å²) in [5.74, 6) is 1.89. The van der Waals surface area contributed by atoms with Crippen LogP contribution in [0.1, 0.15) is 46.5 Å². The fourth-order valence-electron chi connectivity index (χ4n) is 4.26. The second kappa shape index (κ2) is 5.73. The molecule has 0 aromatic carbocycles. The standard InChI is InChI=1S/C17H24N2OS/c20-17(15-11-21-16-4-2-1-3-14(15)16)19-7-5-12-9-18-10-13(12)6-8-19/h11-13,18H,1-10H2/t12-,13+. The fourth-order valence-corrected chi connectivity index (χ4v) is 5.38. The van der Waals surface area contributed by atoms with Crippen LogP contribution in [0.3, 0.4) is 0 Å². The van der Waals surface area contributed by atoms with E-state index in [2.05, 4.69) is 15.6 Å². The number of likely N-dealkylation sites (tertiary alicyclic amines) is 1. The topological polar surface area (TPSA) is 32.3 Å². The van der Waals surface area contributed by atoms with Crippen LogP contribution in [0.25, 0.3) is 0 Å². The Morgan fingerprint density at radius 2 is 1.86 bits per heavy atom. The molecule has 3 heterocycles. The first-order valence-electron chi connectivity index (χ1n) is 8.42. The molecule has 0 spiro atoms. The molecule has 114 valence electrons. The summed E-state index contributed by atoms with van der Waals surface area (Å²) in [6.07, 6.45) is 7.19. The van der Waals surface area contributed by atoms with Gasteiger partial charge in [-0.25, -0.2) is 0 Å². The van der Waals surface area contributed by atoms with E-state index in [1.807, 2.05) is 11.3 Å². The van der Waals surface area contributed by atoms with Crippen LogP contribution < -0.4 is 5.32 Å². The van der Waals surface area contributed by atoms with Gasteiger partial charge in [-0.2, -0.15) is 0 Å². The molecule has 1 N–H and O–H groups in total. The second-order valence-corrected chi connectivity index (χ2v) is 7.77. The number of carbonyl (C=O) groups is 1. The van der Waals surface area contributed by atoms with Gasteiger partial charge >= 0.3 is 0 Å². The average Bonchev–Trinajstić information content (AvgIpc) is 3.09. The summed E-state index contributed by atoms with van der Waals surface area (Å²) in [7, 11) is 0. The average molecular weight is 304 g/mol. The summed E-state index contributed by atoms with van der Waals surface area (Å²) in [6.45, 7) is 4.21. The van der Waals surface area contributed by atoms with Crippen LogP contribution in [0.4, 0.5) is 0 Å². The summed E-state index contributed by atoms with van der Waals surface area (Å²) >= 11 is 1.81. The van der Waals surface area contributed by atoms with Crippen LogP contribution in [0.5, 0.6) is 0 Å². The molecule has 0 bridgehead atoms. The third-order valence-electron chi connectivity index (χ3n) is 5.60. The monoisotopic (exact) mass is 304 g/mol. The minimum Gasteiger partial charge on any atom is -0.339 e. The predicted molar refractivity (Wildman–Crippen MR) is 85.9 cm³/mol. The zero-order valence-electron chi connectivity index (χ0n) is 12.6. The number of fused-ring (bicyclic) bond motifs is 2. The first-order chi connectivity index (χ1) is 10.3. The van der Waals surface area contributed by atoms with Crippen molar-refractivity contribution < 1.29 is 4.79 Å². The maximum Gasteiger partial charge on any atom is 0.254 e. The van der Waals surface area contributed by atoms with Crippen molar-refractivity contribution in [3.8, 4) is 0 Å². The van der Waals surface area contributed by atoms with Gasteiger partial charge in [0.25, 0.3) is 5.91 Å². The van der Waals surface area contributed by atoms with E-state index < -0.39 is 0 Å². The van der Waals surface area contributed by atoms with Gasteiger partial charge in [-0.1, -0.05) is 0 Å². The quantitative estimate of drug-likeness (QED) is 0.865. The maximum atomic E-state index is 12.9. The third-order valence-corrected chi connectivity index (χ3v) is 6.69. The van der Waals surface area contributed by atoms with E-state index in [4.69, 9.17) is 0 Å². The van der Waals surface area contributed by atoms with Crippen LogP contribution >= 0.6 is 11.3 Å². The minimum atomic E-state index is 0.308. The molecule has 1 aromatic rings. The van der Waals surface area contributed by atoms with Crippen LogP contribution in [-0.2, 0) is 12.8 Å². The summed E-state index contributed by atoms with van der Waals surface area (Å²) in [5.41, 5.74) is 2.40. The molecule has 0 radical (unpaired) electrons. The SMILES string of the molecule is O=C(c1csc2c1CCCC2)N1CC[C@@H]2CNC[C@@H]2CC1. The van der Waals surface area contributed by atoms with Gasteiger partial charge in [-0.05, 0) is 69.0 Å². The third kappa shape index (κ3) is 2.53. The van der Waals surface area contributed by atoms with Crippen LogP contribution in [-0.4, -0.2) is 37.0 Å². The summed E-state index contributed by atoms with van der Waals surface area (Å²) in [6, 6.07) is 0. The first kappa shape index (κ1) is 13.8. The Hall–Kier alpha value is -0.870. The van der Waals surface area contributed by atoms with Crippen molar-refractivity contribution in [1.29, 1.82) is 0 Å². The molecule has 1 amide bonds. The van der Waals surface area contributed by atoms with Gasteiger partial charge < -0.3 is 10.2 Å². The number of aryl methyl sites for hydroxylation is 1. The Morgan fingerprint density at radius 1 is 1.14 bits per heavy atom. The Morgan fingerprint density at radius 3 is 2.62 bits per heavy atom. The lowest BCUT2D eigenvalue weighted by atomic mass is 9.92. The minimum absolute atomic E-state index is 0.308. The number of hydrogen-bond acceptors (Lipinski definition) is 3. The van der Waals surface area contributed by atoms with Gasteiger partial charge in [-0.3, -0.25) is 4.79 Å². The van der Waals surface area contributed by atoms with Gasteiger partial charge in [-0.15, -0.1) is 11.3 Å². The first-order valence-corrected chi connectivity index (χ1v) is 9.30. The molecule has 4 heteroatoms. The van der Waals surface area contributed by atoms with Crippen molar-refractivity contribution in [3.05, 3.63) is 21.4 Å². The fraction of sp³-hybridized carbons (Fsp3) is 0.706. The molecule has 2 fully saturated rings. The van der Waals surface area contributed by atoms with E-state index in [1.165, 1.54) is 42.5 Å². The van der Waals surface area contributed by atoms with E-state index in [1.54, 1.807) is 0 Å². The largest absolute Gasteiger partial charge is 0.339 e. The maximum absolute atomic E-state index is 12.9. The van der Waals surface area contributed by atoms with E-state index in [-0.39, 0.29) is 0 Å². The van der Waals surface area contributed by atoms with Crippen molar-refractivity contribution in [2.75, 3.05) is 26.2 Å². The number of hydrogen-bond donors (Lipinski definition) is 1.